The number of hydrogen-bond acceptors (Lipinski definition) is 4. The van der Waals surface area contributed by atoms with Crippen molar-refractivity contribution >= 4 is 11.9 Å². The molecule has 2 N–H and O–H groups in total. The molecule has 3 aromatic carbocycles. The Morgan fingerprint density at radius 1 is 0.727 bits per heavy atom. The van der Waals surface area contributed by atoms with Crippen molar-refractivity contribution in [1.82, 2.24) is 9.80 Å². The van der Waals surface area contributed by atoms with E-state index in [4.69, 9.17) is 19.8 Å². The lowest BCUT2D eigenvalue weighted by Crippen LogP contribution is -2.47. The van der Waals surface area contributed by atoms with Crippen LogP contribution in [0.3, 0.4) is 0 Å². The van der Waals surface area contributed by atoms with Gasteiger partial charge in [0.25, 0.3) is 0 Å². The molecule has 0 saturated carbocycles. The largest absolute Gasteiger partial charge is 0.473 e. The van der Waals surface area contributed by atoms with Crippen molar-refractivity contribution < 1.29 is 19.8 Å². The summed E-state index contributed by atoms with van der Waals surface area (Å²) in [6.07, 6.45) is 0. The van der Waals surface area contributed by atoms with Crippen LogP contribution in [0.4, 0.5) is 0 Å². The van der Waals surface area contributed by atoms with E-state index in [1.165, 1.54) is 22.3 Å². The van der Waals surface area contributed by atoms with E-state index in [0.717, 1.165) is 32.7 Å². The summed E-state index contributed by atoms with van der Waals surface area (Å²) in [6, 6.07) is 31.1. The SMILES string of the molecule is Cc1ccc(CN2CCN(C(c3ccccc3)c3ccccc3)CC2)cc1.O=C(O)C(=O)O. The molecule has 0 aliphatic carbocycles. The molecule has 0 unspecified atom stereocenters. The third-order valence-electron chi connectivity index (χ3n) is 5.71. The van der Waals surface area contributed by atoms with Crippen LogP contribution in [0.25, 0.3) is 0 Å². The van der Waals surface area contributed by atoms with Gasteiger partial charge in [-0.05, 0) is 23.6 Å². The highest BCUT2D eigenvalue weighted by Gasteiger charge is 2.26. The summed E-state index contributed by atoms with van der Waals surface area (Å²) < 4.78 is 0. The molecule has 0 atom stereocenters. The highest BCUT2D eigenvalue weighted by Crippen LogP contribution is 2.29. The zero-order valence-electron chi connectivity index (χ0n) is 18.8. The van der Waals surface area contributed by atoms with Gasteiger partial charge in [-0.3, -0.25) is 9.80 Å². The molecule has 0 radical (unpaired) electrons. The average molecular weight is 447 g/mol. The lowest BCUT2D eigenvalue weighted by atomic mass is 9.96. The van der Waals surface area contributed by atoms with Crippen LogP contribution in [0.1, 0.15) is 28.3 Å². The molecule has 1 aliphatic rings. The molecule has 0 aromatic heterocycles. The molecular weight excluding hydrogens is 416 g/mol. The van der Waals surface area contributed by atoms with Crippen LogP contribution in [-0.2, 0) is 16.1 Å². The normalized spacial score (nSPS) is 14.4. The van der Waals surface area contributed by atoms with Crippen LogP contribution in [-0.4, -0.2) is 58.1 Å². The zero-order chi connectivity index (χ0) is 23.6. The minimum absolute atomic E-state index is 0.342. The van der Waals surface area contributed by atoms with Crippen LogP contribution in [0.2, 0.25) is 0 Å². The molecule has 1 heterocycles. The van der Waals surface area contributed by atoms with E-state index in [1.807, 2.05) is 0 Å². The number of rotatable bonds is 5. The third-order valence-corrected chi connectivity index (χ3v) is 5.71. The number of carboxylic acids is 2. The zero-order valence-corrected chi connectivity index (χ0v) is 18.8. The number of nitrogens with zero attached hydrogens (tertiary/aromatic N) is 2. The maximum atomic E-state index is 9.10. The van der Waals surface area contributed by atoms with E-state index in [2.05, 4.69) is 102 Å². The first-order chi connectivity index (χ1) is 15.9. The molecule has 6 heteroatoms. The van der Waals surface area contributed by atoms with Crippen molar-refractivity contribution in [3.63, 3.8) is 0 Å². The Kier molecular flexibility index (Phi) is 8.75. The maximum absolute atomic E-state index is 9.10. The monoisotopic (exact) mass is 446 g/mol. The molecule has 3 aromatic rings. The predicted molar refractivity (Wildman–Crippen MR) is 128 cm³/mol. The van der Waals surface area contributed by atoms with Gasteiger partial charge in [0.15, 0.2) is 0 Å². The second-order valence-corrected chi connectivity index (χ2v) is 8.13. The molecule has 1 fully saturated rings. The molecule has 4 rings (SSSR count). The van der Waals surface area contributed by atoms with Crippen molar-refractivity contribution in [2.24, 2.45) is 0 Å². The van der Waals surface area contributed by atoms with Crippen molar-refractivity contribution in [2.75, 3.05) is 26.2 Å². The Hall–Kier alpha value is -3.48. The van der Waals surface area contributed by atoms with Crippen molar-refractivity contribution in [3.8, 4) is 0 Å². The van der Waals surface area contributed by atoms with E-state index < -0.39 is 11.9 Å². The first kappa shape index (κ1) is 24.2. The van der Waals surface area contributed by atoms with Gasteiger partial charge in [-0.15, -0.1) is 0 Å². The van der Waals surface area contributed by atoms with Crippen LogP contribution in [0.15, 0.2) is 84.9 Å². The number of carboxylic acid groups (broad SMARTS) is 2. The Bertz CT molecular complexity index is 964. The van der Waals surface area contributed by atoms with Gasteiger partial charge in [-0.2, -0.15) is 0 Å². The second-order valence-electron chi connectivity index (χ2n) is 8.13. The fourth-order valence-corrected chi connectivity index (χ4v) is 4.02. The topological polar surface area (TPSA) is 81.1 Å². The lowest BCUT2D eigenvalue weighted by Gasteiger charge is -2.39. The van der Waals surface area contributed by atoms with E-state index in [1.54, 1.807) is 0 Å². The molecule has 1 saturated heterocycles. The summed E-state index contributed by atoms with van der Waals surface area (Å²) in [5.41, 5.74) is 5.51. The highest BCUT2D eigenvalue weighted by atomic mass is 16.4. The Labute approximate surface area is 194 Å². The third kappa shape index (κ3) is 7.27. The molecule has 33 heavy (non-hydrogen) atoms. The number of aryl methyl sites for hydroxylation is 1. The minimum Gasteiger partial charge on any atom is -0.473 e. The smallest absolute Gasteiger partial charge is 0.414 e. The standard InChI is InChI=1S/C25H28N2.C2H2O4/c1-21-12-14-22(15-13-21)20-26-16-18-27(19-17-26)25(23-8-4-2-5-9-23)24-10-6-3-7-11-24;3-1(4)2(5)6/h2-15,25H,16-20H2,1H3;(H,3,4)(H,5,6). The molecule has 6 nitrogen and oxygen atoms in total. The van der Waals surface area contributed by atoms with Crippen LogP contribution < -0.4 is 0 Å². The summed E-state index contributed by atoms with van der Waals surface area (Å²) in [7, 11) is 0. The summed E-state index contributed by atoms with van der Waals surface area (Å²) in [4.78, 5) is 23.4. The molecule has 0 amide bonds. The lowest BCUT2D eigenvalue weighted by molar-refractivity contribution is -0.159. The Balaban J connectivity index is 0.000000454. The van der Waals surface area contributed by atoms with Crippen molar-refractivity contribution in [3.05, 3.63) is 107 Å². The number of carbonyl (C=O) groups is 2. The van der Waals surface area contributed by atoms with E-state index in [0.29, 0.717) is 6.04 Å². The fraction of sp³-hybridized carbons (Fsp3) is 0.259. The second kappa shape index (κ2) is 11.9. The summed E-state index contributed by atoms with van der Waals surface area (Å²) >= 11 is 0. The van der Waals surface area contributed by atoms with Crippen LogP contribution >= 0.6 is 0 Å². The van der Waals surface area contributed by atoms with Gasteiger partial charge in [-0.1, -0.05) is 90.5 Å². The molecule has 0 bridgehead atoms. The number of benzene rings is 3. The molecular formula is C27H30N2O4. The highest BCUT2D eigenvalue weighted by molar-refractivity contribution is 6.27. The summed E-state index contributed by atoms with van der Waals surface area (Å²) in [5.74, 6) is -3.65. The van der Waals surface area contributed by atoms with Gasteiger partial charge in [0.05, 0.1) is 6.04 Å². The van der Waals surface area contributed by atoms with Gasteiger partial charge in [0.2, 0.25) is 0 Å². The average Bonchev–Trinajstić information content (AvgIpc) is 2.84. The maximum Gasteiger partial charge on any atom is 0.414 e. The number of hydrogen-bond donors (Lipinski definition) is 2. The van der Waals surface area contributed by atoms with E-state index in [9.17, 15) is 0 Å². The van der Waals surface area contributed by atoms with Crippen LogP contribution in [0.5, 0.6) is 0 Å². The van der Waals surface area contributed by atoms with Crippen molar-refractivity contribution in [2.45, 2.75) is 19.5 Å². The Morgan fingerprint density at radius 3 is 1.61 bits per heavy atom. The minimum atomic E-state index is -1.82. The quantitative estimate of drug-likeness (QED) is 0.576. The molecule has 1 aliphatic heterocycles. The predicted octanol–water partition coefficient (Wildman–Crippen LogP) is 4.06. The first-order valence-electron chi connectivity index (χ1n) is 11.0. The number of piperazine rings is 1. The fourth-order valence-electron chi connectivity index (χ4n) is 4.02. The number of aliphatic carboxylic acids is 2. The van der Waals surface area contributed by atoms with Gasteiger partial charge >= 0.3 is 11.9 Å². The molecule has 172 valence electrons. The van der Waals surface area contributed by atoms with Gasteiger partial charge < -0.3 is 10.2 Å². The summed E-state index contributed by atoms with van der Waals surface area (Å²) in [5, 5.41) is 14.8. The van der Waals surface area contributed by atoms with E-state index in [-0.39, 0.29) is 0 Å². The van der Waals surface area contributed by atoms with Gasteiger partial charge in [-0.25, -0.2) is 9.59 Å². The Morgan fingerprint density at radius 2 is 1.18 bits per heavy atom. The van der Waals surface area contributed by atoms with E-state index >= 15 is 0 Å². The van der Waals surface area contributed by atoms with Gasteiger partial charge in [0, 0.05) is 32.7 Å². The first-order valence-corrected chi connectivity index (χ1v) is 11.0. The summed E-state index contributed by atoms with van der Waals surface area (Å²) in [6.45, 7) is 7.63. The van der Waals surface area contributed by atoms with Crippen LogP contribution in [0, 0.1) is 6.92 Å². The van der Waals surface area contributed by atoms with Gasteiger partial charge in [0.1, 0.15) is 0 Å². The molecule has 0 spiro atoms. The van der Waals surface area contributed by atoms with Crippen molar-refractivity contribution in [1.29, 1.82) is 0 Å².